The summed E-state index contributed by atoms with van der Waals surface area (Å²) in [6, 6.07) is 12.5. The second-order valence-corrected chi connectivity index (χ2v) is 4.79. The third kappa shape index (κ3) is 2.55. The summed E-state index contributed by atoms with van der Waals surface area (Å²) < 4.78 is 10.6. The molecule has 3 aromatic rings. The average Bonchev–Trinajstić information content (AvgIpc) is 2.97. The number of methoxy groups -OCH3 is 1. The zero-order valence-corrected chi connectivity index (χ0v) is 12.0. The van der Waals surface area contributed by atoms with Crippen LogP contribution in [0, 0.1) is 0 Å². The molecule has 0 aliphatic carbocycles. The van der Waals surface area contributed by atoms with Gasteiger partial charge in [0.25, 0.3) is 5.89 Å². The maximum absolute atomic E-state index is 5.94. The molecule has 0 aliphatic heterocycles. The number of ether oxygens (including phenoxy) is 1. The van der Waals surface area contributed by atoms with E-state index in [9.17, 15) is 0 Å². The molecule has 0 saturated carbocycles. The highest BCUT2D eigenvalue weighted by molar-refractivity contribution is 6.30. The number of rotatable bonds is 3. The van der Waals surface area contributed by atoms with Gasteiger partial charge in [0.1, 0.15) is 5.75 Å². The highest BCUT2D eigenvalue weighted by Gasteiger charge is 2.15. The third-order valence-electron chi connectivity index (χ3n) is 3.02. The van der Waals surface area contributed by atoms with Crippen molar-refractivity contribution in [3.05, 3.63) is 47.5 Å². The van der Waals surface area contributed by atoms with Gasteiger partial charge in [-0.15, -0.1) is 0 Å². The lowest BCUT2D eigenvalue weighted by molar-refractivity contribution is 0.413. The van der Waals surface area contributed by atoms with Gasteiger partial charge < -0.3 is 15.0 Å². The van der Waals surface area contributed by atoms with E-state index in [1.54, 1.807) is 31.4 Å². The van der Waals surface area contributed by atoms with Gasteiger partial charge in [-0.05, 0) is 30.3 Å². The predicted molar refractivity (Wildman–Crippen MR) is 81.1 cm³/mol. The summed E-state index contributed by atoms with van der Waals surface area (Å²) >= 11 is 5.94. The second-order valence-electron chi connectivity index (χ2n) is 4.35. The second kappa shape index (κ2) is 5.46. The maximum atomic E-state index is 5.94. The predicted octanol–water partition coefficient (Wildman–Crippen LogP) is 3.65. The number of nitrogens with zero attached hydrogens (tertiary/aromatic N) is 2. The Labute approximate surface area is 126 Å². The van der Waals surface area contributed by atoms with Gasteiger partial charge >= 0.3 is 0 Å². The molecule has 1 heterocycles. The van der Waals surface area contributed by atoms with Crippen molar-refractivity contribution in [2.24, 2.45) is 0 Å². The SMILES string of the molecule is COc1cc(Cl)ccc1-c1noc(-c2ccccc2N)n1. The smallest absolute Gasteiger partial charge is 0.260 e. The van der Waals surface area contributed by atoms with Gasteiger partial charge in [0, 0.05) is 10.7 Å². The number of benzene rings is 2. The molecule has 2 aromatic carbocycles. The molecule has 5 nitrogen and oxygen atoms in total. The monoisotopic (exact) mass is 301 g/mol. The zero-order chi connectivity index (χ0) is 14.8. The molecule has 0 amide bonds. The van der Waals surface area contributed by atoms with Crippen LogP contribution in [0.25, 0.3) is 22.8 Å². The molecule has 2 N–H and O–H groups in total. The molecular formula is C15H12ClN3O2. The molecule has 3 rings (SSSR count). The molecule has 0 spiro atoms. The van der Waals surface area contributed by atoms with Crippen molar-refractivity contribution >= 4 is 17.3 Å². The Morgan fingerprint density at radius 2 is 1.95 bits per heavy atom. The van der Waals surface area contributed by atoms with Crippen molar-refractivity contribution in [1.82, 2.24) is 10.1 Å². The van der Waals surface area contributed by atoms with Crippen LogP contribution in [0.2, 0.25) is 5.02 Å². The van der Waals surface area contributed by atoms with Gasteiger partial charge in [-0.2, -0.15) is 4.98 Å². The van der Waals surface area contributed by atoms with Crippen molar-refractivity contribution in [1.29, 1.82) is 0 Å². The zero-order valence-electron chi connectivity index (χ0n) is 11.2. The van der Waals surface area contributed by atoms with Gasteiger partial charge in [0.2, 0.25) is 5.82 Å². The van der Waals surface area contributed by atoms with Crippen molar-refractivity contribution in [2.75, 3.05) is 12.8 Å². The van der Waals surface area contributed by atoms with Crippen LogP contribution in [-0.2, 0) is 0 Å². The van der Waals surface area contributed by atoms with E-state index in [0.717, 1.165) is 0 Å². The molecule has 0 radical (unpaired) electrons. The average molecular weight is 302 g/mol. The molecule has 0 aliphatic rings. The minimum Gasteiger partial charge on any atom is -0.496 e. The molecule has 1 aromatic heterocycles. The normalized spacial score (nSPS) is 10.6. The van der Waals surface area contributed by atoms with Crippen LogP contribution >= 0.6 is 11.6 Å². The minimum absolute atomic E-state index is 0.361. The number of nitrogens with two attached hydrogens (primary N) is 1. The summed E-state index contributed by atoms with van der Waals surface area (Å²) in [6.07, 6.45) is 0. The maximum Gasteiger partial charge on any atom is 0.260 e. The molecule has 0 unspecified atom stereocenters. The van der Waals surface area contributed by atoms with Crippen molar-refractivity contribution < 1.29 is 9.26 Å². The Morgan fingerprint density at radius 3 is 2.71 bits per heavy atom. The molecular weight excluding hydrogens is 290 g/mol. The number of halogens is 1. The van der Waals surface area contributed by atoms with E-state index < -0.39 is 0 Å². The van der Waals surface area contributed by atoms with Crippen LogP contribution < -0.4 is 10.5 Å². The number of aromatic nitrogens is 2. The first kappa shape index (κ1) is 13.5. The summed E-state index contributed by atoms with van der Waals surface area (Å²) in [6.45, 7) is 0. The Balaban J connectivity index is 2.05. The third-order valence-corrected chi connectivity index (χ3v) is 3.26. The lowest BCUT2D eigenvalue weighted by atomic mass is 10.1. The largest absolute Gasteiger partial charge is 0.496 e. The van der Waals surface area contributed by atoms with E-state index in [4.69, 9.17) is 26.6 Å². The van der Waals surface area contributed by atoms with Crippen molar-refractivity contribution in [3.8, 4) is 28.6 Å². The quantitative estimate of drug-likeness (QED) is 0.747. The minimum atomic E-state index is 0.361. The van der Waals surface area contributed by atoms with Gasteiger partial charge in [-0.25, -0.2) is 0 Å². The first-order valence-corrected chi connectivity index (χ1v) is 6.59. The molecule has 0 saturated heterocycles. The Morgan fingerprint density at radius 1 is 1.14 bits per heavy atom. The van der Waals surface area contributed by atoms with Crippen molar-refractivity contribution in [2.45, 2.75) is 0 Å². The number of hydrogen-bond acceptors (Lipinski definition) is 5. The molecule has 0 fully saturated rings. The van der Waals surface area contributed by atoms with Crippen LogP contribution in [0.4, 0.5) is 5.69 Å². The Bertz CT molecular complexity index is 786. The summed E-state index contributed by atoms with van der Waals surface area (Å²) in [5.41, 5.74) is 7.88. The first-order chi connectivity index (χ1) is 10.2. The molecule has 106 valence electrons. The van der Waals surface area contributed by atoms with E-state index in [-0.39, 0.29) is 0 Å². The number of anilines is 1. The van der Waals surface area contributed by atoms with Crippen LogP contribution in [-0.4, -0.2) is 17.3 Å². The fourth-order valence-corrected chi connectivity index (χ4v) is 2.15. The summed E-state index contributed by atoms with van der Waals surface area (Å²) in [4.78, 5) is 4.37. The van der Waals surface area contributed by atoms with Gasteiger partial charge in [-0.1, -0.05) is 28.9 Å². The summed E-state index contributed by atoms with van der Waals surface area (Å²) in [7, 11) is 1.56. The molecule has 0 atom stereocenters. The van der Waals surface area contributed by atoms with E-state index in [2.05, 4.69) is 10.1 Å². The fraction of sp³-hybridized carbons (Fsp3) is 0.0667. The number of nitrogen functional groups attached to an aromatic ring is 1. The van der Waals surface area contributed by atoms with Crippen molar-refractivity contribution in [3.63, 3.8) is 0 Å². The highest BCUT2D eigenvalue weighted by Crippen LogP contribution is 2.32. The summed E-state index contributed by atoms with van der Waals surface area (Å²) in [5.74, 6) is 1.36. The molecule has 0 bridgehead atoms. The van der Waals surface area contributed by atoms with E-state index in [1.807, 2.05) is 18.2 Å². The highest BCUT2D eigenvalue weighted by atomic mass is 35.5. The number of para-hydroxylation sites is 1. The van der Waals surface area contributed by atoms with Crippen LogP contribution in [0.1, 0.15) is 0 Å². The van der Waals surface area contributed by atoms with E-state index in [1.165, 1.54) is 0 Å². The van der Waals surface area contributed by atoms with Crippen LogP contribution in [0.5, 0.6) is 5.75 Å². The van der Waals surface area contributed by atoms with Crippen LogP contribution in [0.3, 0.4) is 0 Å². The Hall–Kier alpha value is -2.53. The summed E-state index contributed by atoms with van der Waals surface area (Å²) in [5, 5.41) is 4.55. The standard InChI is InChI=1S/C15H12ClN3O2/c1-20-13-8-9(16)6-7-11(13)14-18-15(21-19-14)10-4-2-3-5-12(10)17/h2-8H,17H2,1H3. The molecule has 21 heavy (non-hydrogen) atoms. The fourth-order valence-electron chi connectivity index (χ4n) is 1.98. The topological polar surface area (TPSA) is 74.2 Å². The van der Waals surface area contributed by atoms with E-state index in [0.29, 0.717) is 39.3 Å². The molecule has 6 heteroatoms. The Kier molecular flexibility index (Phi) is 3.50. The van der Waals surface area contributed by atoms with Gasteiger partial charge in [0.15, 0.2) is 0 Å². The van der Waals surface area contributed by atoms with E-state index >= 15 is 0 Å². The van der Waals surface area contributed by atoms with Crippen LogP contribution in [0.15, 0.2) is 47.0 Å². The van der Waals surface area contributed by atoms with Gasteiger partial charge in [-0.3, -0.25) is 0 Å². The lowest BCUT2D eigenvalue weighted by Crippen LogP contribution is -1.90. The van der Waals surface area contributed by atoms with Gasteiger partial charge in [0.05, 0.1) is 18.2 Å². The lowest BCUT2D eigenvalue weighted by Gasteiger charge is -2.04. The first-order valence-electron chi connectivity index (χ1n) is 6.21. The number of hydrogen-bond donors (Lipinski definition) is 1.